The molecule has 2 aliphatic heterocycles. The zero-order valence-electron chi connectivity index (χ0n) is 31.4. The van der Waals surface area contributed by atoms with Crippen LogP contribution in [-0.2, 0) is 35.7 Å². The van der Waals surface area contributed by atoms with Crippen molar-refractivity contribution in [3.63, 3.8) is 0 Å². The molecule has 3 aliphatic rings. The molecule has 13 nitrogen and oxygen atoms in total. The Morgan fingerprint density at radius 3 is 2.49 bits per heavy atom. The van der Waals surface area contributed by atoms with Gasteiger partial charge in [0.25, 0.3) is 11.8 Å². The Labute approximate surface area is 325 Å². The van der Waals surface area contributed by atoms with E-state index < -0.39 is 46.8 Å². The summed E-state index contributed by atoms with van der Waals surface area (Å²) in [7, 11) is 2.73. The number of ether oxygens (including phenoxy) is 3. The molecule has 55 heavy (non-hydrogen) atoms. The Morgan fingerprint density at radius 2 is 1.87 bits per heavy atom. The van der Waals surface area contributed by atoms with Crippen LogP contribution in [0.25, 0.3) is 5.57 Å². The highest BCUT2D eigenvalue weighted by Gasteiger charge is 2.50. The summed E-state index contributed by atoms with van der Waals surface area (Å²) in [6.45, 7) is 7.50. The lowest BCUT2D eigenvalue weighted by molar-refractivity contribution is -0.143. The van der Waals surface area contributed by atoms with Crippen LogP contribution in [0.4, 0.5) is 22.8 Å². The number of aromatic nitrogens is 3. The lowest BCUT2D eigenvalue weighted by atomic mass is 9.83. The van der Waals surface area contributed by atoms with Gasteiger partial charge in [0.1, 0.15) is 16.4 Å². The van der Waals surface area contributed by atoms with Gasteiger partial charge in [0.15, 0.2) is 5.69 Å². The molecule has 1 unspecified atom stereocenters. The molecule has 1 saturated heterocycles. The van der Waals surface area contributed by atoms with Gasteiger partial charge in [0, 0.05) is 50.9 Å². The van der Waals surface area contributed by atoms with Crippen LogP contribution in [0.15, 0.2) is 30.0 Å². The van der Waals surface area contributed by atoms with Gasteiger partial charge in [-0.1, -0.05) is 23.7 Å². The van der Waals surface area contributed by atoms with Crippen LogP contribution >= 0.6 is 22.9 Å². The van der Waals surface area contributed by atoms with Gasteiger partial charge < -0.3 is 29.1 Å². The highest BCUT2D eigenvalue weighted by Crippen LogP contribution is 2.43. The summed E-state index contributed by atoms with van der Waals surface area (Å²) in [5.41, 5.74) is 0.877. The van der Waals surface area contributed by atoms with E-state index in [2.05, 4.69) is 10.1 Å². The minimum atomic E-state index is -4.69. The van der Waals surface area contributed by atoms with Crippen molar-refractivity contribution in [2.24, 2.45) is 7.05 Å². The molecule has 1 N–H and O–H groups in total. The fraction of sp³-hybridized carbons (Fsp3) is 0.541. The van der Waals surface area contributed by atoms with E-state index in [4.69, 9.17) is 25.8 Å². The third kappa shape index (κ3) is 8.67. The number of amides is 3. The number of halogens is 4. The number of aryl methyl sites for hydroxylation is 2. The summed E-state index contributed by atoms with van der Waals surface area (Å²) < 4.78 is 57.4. The summed E-state index contributed by atoms with van der Waals surface area (Å²) >= 11 is 7.28. The van der Waals surface area contributed by atoms with Crippen molar-refractivity contribution in [3.05, 3.63) is 61.7 Å². The molecule has 6 rings (SSSR count). The summed E-state index contributed by atoms with van der Waals surface area (Å²) in [4.78, 5) is 51.2. The monoisotopic (exact) mass is 808 g/mol. The Balaban J connectivity index is 1.31. The van der Waals surface area contributed by atoms with Gasteiger partial charge in [-0.3, -0.25) is 14.4 Å². The third-order valence-corrected chi connectivity index (χ3v) is 11.3. The third-order valence-electron chi connectivity index (χ3n) is 9.81. The SMILES string of the molecule is COc1cccc(CN(C(=O)C2=C(c3cnc(CCCOc4nn(C)c(C(F)(F)F)c4Cl)s3)CC3CN(C(=O)OC(C)(C)C)C[C@H]2N3C(=O)O)C2CC2)c1C. The molecule has 1 aliphatic carbocycles. The number of rotatable bonds is 11. The summed E-state index contributed by atoms with van der Waals surface area (Å²) in [5, 5.41) is 14.4. The lowest BCUT2D eigenvalue weighted by Gasteiger charge is -2.50. The van der Waals surface area contributed by atoms with E-state index in [0.29, 0.717) is 44.3 Å². The van der Waals surface area contributed by atoms with Gasteiger partial charge in [-0.25, -0.2) is 14.6 Å². The van der Waals surface area contributed by atoms with Crippen molar-refractivity contribution in [2.45, 2.75) is 96.2 Å². The second-order valence-corrected chi connectivity index (χ2v) is 16.4. The van der Waals surface area contributed by atoms with Crippen molar-refractivity contribution in [3.8, 4) is 11.6 Å². The van der Waals surface area contributed by atoms with E-state index >= 15 is 4.79 Å². The first-order valence-corrected chi connectivity index (χ1v) is 19.1. The molecule has 4 heterocycles. The molecule has 2 bridgehead atoms. The predicted octanol–water partition coefficient (Wildman–Crippen LogP) is 7.19. The van der Waals surface area contributed by atoms with Crippen LogP contribution in [0, 0.1) is 6.92 Å². The maximum atomic E-state index is 15.0. The number of hydrogen-bond acceptors (Lipinski definition) is 9. The number of benzene rings is 1. The first kappa shape index (κ1) is 40.2. The van der Waals surface area contributed by atoms with Crippen molar-refractivity contribution in [1.82, 2.24) is 29.5 Å². The van der Waals surface area contributed by atoms with E-state index in [0.717, 1.165) is 31.0 Å². The Hall–Kier alpha value is -4.51. The zero-order valence-corrected chi connectivity index (χ0v) is 33.0. The molecular formula is C37H44ClF3N6O7S. The number of carboxylic acid groups (broad SMARTS) is 1. The van der Waals surface area contributed by atoms with Gasteiger partial charge in [0.2, 0.25) is 0 Å². The average Bonchev–Trinajstić information content (AvgIpc) is 3.74. The quantitative estimate of drug-likeness (QED) is 0.200. The molecule has 3 aromatic rings. The fourth-order valence-electron chi connectivity index (χ4n) is 7.15. The second-order valence-electron chi connectivity index (χ2n) is 14.9. The second kappa shape index (κ2) is 15.6. The minimum absolute atomic E-state index is 0.0215. The topological polar surface area (TPSA) is 140 Å². The van der Waals surface area contributed by atoms with E-state index in [9.17, 15) is 27.9 Å². The van der Waals surface area contributed by atoms with Crippen LogP contribution in [0.1, 0.15) is 73.2 Å². The average molecular weight is 809 g/mol. The Bertz CT molecular complexity index is 1990. The highest BCUT2D eigenvalue weighted by atomic mass is 35.5. The number of carbonyl (C=O) groups is 3. The van der Waals surface area contributed by atoms with Crippen molar-refractivity contribution >= 4 is 46.6 Å². The van der Waals surface area contributed by atoms with Gasteiger partial charge in [-0.2, -0.15) is 13.2 Å². The molecule has 3 amide bonds. The predicted molar refractivity (Wildman–Crippen MR) is 197 cm³/mol. The molecule has 0 radical (unpaired) electrons. The standard InChI is InChI=1S/C37H44ClF3N6O7S/c1-20-21(9-7-10-26(20)52-6)17-46(22-12-13-22)33(48)29-24(15-23-18-45(35(51)54-36(2,3)4)19-25(29)47(23)34(49)50)27-16-42-28(55-27)11-8-14-53-32-30(38)31(37(39,40)41)44(5)43-32/h7,9-10,16,22-23,25H,8,11-15,17-19H2,1-6H3,(H,49,50)/t23?,25-/m1/s1. The minimum Gasteiger partial charge on any atom is -0.496 e. The maximum absolute atomic E-state index is 15.0. The normalized spacial score (nSPS) is 18.7. The highest BCUT2D eigenvalue weighted by molar-refractivity contribution is 7.12. The fourth-order valence-corrected chi connectivity index (χ4v) is 8.50. The van der Waals surface area contributed by atoms with Crippen LogP contribution in [0.3, 0.4) is 0 Å². The summed E-state index contributed by atoms with van der Waals surface area (Å²) in [5.74, 6) is 0.0654. The largest absolute Gasteiger partial charge is 0.496 e. The number of fused-ring (bicyclic) bond motifs is 2. The van der Waals surface area contributed by atoms with E-state index in [1.165, 1.54) is 21.1 Å². The van der Waals surface area contributed by atoms with Crippen molar-refractivity contribution in [1.29, 1.82) is 0 Å². The number of thiazole rings is 1. The number of alkyl halides is 3. The Kier molecular flexibility index (Phi) is 11.4. The first-order chi connectivity index (χ1) is 25.9. The Morgan fingerprint density at radius 1 is 1.15 bits per heavy atom. The zero-order chi connectivity index (χ0) is 40.0. The number of piperazine rings is 1. The maximum Gasteiger partial charge on any atom is 0.434 e. The van der Waals surface area contributed by atoms with E-state index in [-0.39, 0.29) is 50.5 Å². The number of methoxy groups -OCH3 is 1. The van der Waals surface area contributed by atoms with Crippen LogP contribution in [0.2, 0.25) is 5.02 Å². The van der Waals surface area contributed by atoms with Gasteiger partial charge >= 0.3 is 18.4 Å². The molecular weight excluding hydrogens is 765 g/mol. The van der Waals surface area contributed by atoms with Gasteiger partial charge in [-0.05, 0) is 76.1 Å². The van der Waals surface area contributed by atoms with Crippen molar-refractivity contribution in [2.75, 3.05) is 26.8 Å². The smallest absolute Gasteiger partial charge is 0.434 e. The molecule has 2 fully saturated rings. The van der Waals surface area contributed by atoms with Crippen molar-refractivity contribution < 1.29 is 46.9 Å². The van der Waals surface area contributed by atoms with Gasteiger partial charge in [0.05, 0.1) is 35.7 Å². The molecule has 1 saturated carbocycles. The molecule has 298 valence electrons. The summed E-state index contributed by atoms with van der Waals surface area (Å²) in [6.07, 6.45) is -2.26. The van der Waals surface area contributed by atoms with Gasteiger partial charge in [-0.15, -0.1) is 16.4 Å². The molecule has 2 aromatic heterocycles. The lowest BCUT2D eigenvalue weighted by Crippen LogP contribution is -2.65. The molecule has 18 heteroatoms. The summed E-state index contributed by atoms with van der Waals surface area (Å²) in [6, 6.07) is 3.98. The van der Waals surface area contributed by atoms with Crippen LogP contribution < -0.4 is 9.47 Å². The number of nitrogens with zero attached hydrogens (tertiary/aromatic N) is 6. The van der Waals surface area contributed by atoms with E-state index in [1.54, 1.807) is 39.0 Å². The number of hydrogen-bond donors (Lipinski definition) is 1. The van der Waals surface area contributed by atoms with Crippen LogP contribution in [-0.4, -0.2) is 103 Å². The van der Waals surface area contributed by atoms with E-state index in [1.807, 2.05) is 25.1 Å². The molecule has 1 aromatic carbocycles. The first-order valence-electron chi connectivity index (χ1n) is 17.9. The molecule has 2 atom stereocenters. The molecule has 0 spiro atoms. The van der Waals surface area contributed by atoms with Crippen LogP contribution in [0.5, 0.6) is 11.6 Å². The number of carbonyl (C=O) groups excluding carboxylic acids is 2.